The van der Waals surface area contributed by atoms with Crippen LogP contribution in [0.5, 0.6) is 17.5 Å². The lowest BCUT2D eigenvalue weighted by molar-refractivity contribution is 0.0628. The van der Waals surface area contributed by atoms with E-state index in [1.807, 2.05) is 47.4 Å². The number of benzene rings is 2. The second-order valence-corrected chi connectivity index (χ2v) is 10.4. The number of fused-ring (bicyclic) bond motifs is 1. The molecule has 10 heteroatoms. The van der Waals surface area contributed by atoms with Crippen molar-refractivity contribution < 1.29 is 19.7 Å². The first-order valence-electron chi connectivity index (χ1n) is 12.4. The molecule has 0 aliphatic carbocycles. The van der Waals surface area contributed by atoms with Gasteiger partial charge in [0.1, 0.15) is 11.6 Å². The van der Waals surface area contributed by atoms with E-state index < -0.39 is 0 Å². The van der Waals surface area contributed by atoms with Crippen LogP contribution in [-0.4, -0.2) is 68.9 Å². The van der Waals surface area contributed by atoms with Gasteiger partial charge in [0.05, 0.1) is 12.6 Å². The van der Waals surface area contributed by atoms with Crippen molar-refractivity contribution in [2.45, 2.75) is 20.4 Å². The van der Waals surface area contributed by atoms with E-state index in [0.717, 1.165) is 34.0 Å². The number of nitrogens with zero attached hydrogens (tertiary/aromatic N) is 4. The molecule has 0 unspecified atom stereocenters. The van der Waals surface area contributed by atoms with Gasteiger partial charge in [0.25, 0.3) is 5.91 Å². The van der Waals surface area contributed by atoms with Gasteiger partial charge in [0, 0.05) is 59.3 Å². The number of pyridine rings is 1. The van der Waals surface area contributed by atoms with E-state index in [9.17, 15) is 15.0 Å². The number of anilines is 1. The number of nitrogens with one attached hydrogen (secondary N) is 1. The molecule has 0 atom stereocenters. The van der Waals surface area contributed by atoms with Gasteiger partial charge in [-0.25, -0.2) is 4.98 Å². The van der Waals surface area contributed by atoms with E-state index in [2.05, 4.69) is 26.3 Å². The van der Waals surface area contributed by atoms with Crippen molar-refractivity contribution in [2.75, 3.05) is 38.7 Å². The van der Waals surface area contributed by atoms with Crippen molar-refractivity contribution in [1.82, 2.24) is 19.5 Å². The zero-order valence-electron chi connectivity index (χ0n) is 21.5. The maximum Gasteiger partial charge on any atom is 0.254 e. The highest BCUT2D eigenvalue weighted by atomic mass is 79.9. The molecule has 0 bridgehead atoms. The zero-order chi connectivity index (χ0) is 27.0. The summed E-state index contributed by atoms with van der Waals surface area (Å²) in [4.78, 5) is 21.9. The molecule has 2 aromatic carbocycles. The molecule has 1 aliphatic heterocycles. The number of piperazine rings is 1. The van der Waals surface area contributed by atoms with E-state index in [-0.39, 0.29) is 17.7 Å². The smallest absolute Gasteiger partial charge is 0.254 e. The van der Waals surface area contributed by atoms with Crippen molar-refractivity contribution in [3.8, 4) is 17.5 Å². The van der Waals surface area contributed by atoms with Crippen LogP contribution in [0.1, 0.15) is 27.0 Å². The van der Waals surface area contributed by atoms with Gasteiger partial charge < -0.3 is 19.8 Å². The van der Waals surface area contributed by atoms with Gasteiger partial charge in [0.2, 0.25) is 11.8 Å². The molecule has 2 aromatic heterocycles. The van der Waals surface area contributed by atoms with Crippen molar-refractivity contribution in [1.29, 1.82) is 0 Å². The molecule has 0 spiro atoms. The Bertz CT molecular complexity index is 1490. The molecular formula is C28H30BrN5O4. The summed E-state index contributed by atoms with van der Waals surface area (Å²) in [6, 6.07) is 15.2. The van der Waals surface area contributed by atoms with E-state index >= 15 is 0 Å². The number of hydrogen-bond acceptors (Lipinski definition) is 7. The summed E-state index contributed by atoms with van der Waals surface area (Å²) in [5.41, 5.74) is 6.71. The fraction of sp³-hybridized carbons (Fsp3) is 0.286. The van der Waals surface area contributed by atoms with Crippen molar-refractivity contribution in [2.24, 2.45) is 0 Å². The van der Waals surface area contributed by atoms with Gasteiger partial charge in [-0.05, 0) is 55.8 Å². The Hall–Kier alpha value is -3.76. The largest absolute Gasteiger partial charge is 0.497 e. The predicted octanol–water partition coefficient (Wildman–Crippen LogP) is 4.67. The van der Waals surface area contributed by atoms with E-state index in [1.54, 1.807) is 27.0 Å². The molecule has 0 radical (unpaired) electrons. The third-order valence-electron chi connectivity index (χ3n) is 7.11. The summed E-state index contributed by atoms with van der Waals surface area (Å²) in [5.74, 6) is 1.05. The Morgan fingerprint density at radius 2 is 1.74 bits per heavy atom. The Labute approximate surface area is 229 Å². The average Bonchev–Trinajstić information content (AvgIpc) is 3.10. The maximum atomic E-state index is 13.0. The van der Waals surface area contributed by atoms with Gasteiger partial charge in [-0.1, -0.05) is 28.1 Å². The van der Waals surface area contributed by atoms with Crippen molar-refractivity contribution in [3.63, 3.8) is 0 Å². The zero-order valence-corrected chi connectivity index (χ0v) is 23.1. The topological polar surface area (TPSA) is 103 Å². The van der Waals surface area contributed by atoms with Crippen LogP contribution in [0.25, 0.3) is 10.9 Å². The van der Waals surface area contributed by atoms with Crippen LogP contribution in [0.4, 0.5) is 5.82 Å². The van der Waals surface area contributed by atoms with Crippen LogP contribution in [0.3, 0.4) is 0 Å². The minimum Gasteiger partial charge on any atom is -0.497 e. The molecule has 3 heterocycles. The molecular weight excluding hydrogens is 550 g/mol. The van der Waals surface area contributed by atoms with Crippen LogP contribution in [0, 0.1) is 13.8 Å². The van der Waals surface area contributed by atoms with E-state index in [4.69, 9.17) is 9.72 Å². The summed E-state index contributed by atoms with van der Waals surface area (Å²) in [6.45, 7) is 6.87. The number of carbonyl (C=O) groups is 1. The molecule has 1 aliphatic rings. The molecule has 38 heavy (non-hydrogen) atoms. The summed E-state index contributed by atoms with van der Waals surface area (Å²) in [6.07, 6.45) is 0. The third-order valence-corrected chi connectivity index (χ3v) is 7.60. The minimum absolute atomic E-state index is 0.00572. The van der Waals surface area contributed by atoms with Gasteiger partial charge in [0.15, 0.2) is 0 Å². The molecule has 198 valence electrons. The number of amides is 1. The van der Waals surface area contributed by atoms with Crippen molar-refractivity contribution >= 4 is 38.6 Å². The predicted molar refractivity (Wildman–Crippen MR) is 150 cm³/mol. The first-order valence-corrected chi connectivity index (χ1v) is 13.2. The van der Waals surface area contributed by atoms with Gasteiger partial charge >= 0.3 is 0 Å². The summed E-state index contributed by atoms with van der Waals surface area (Å²) >= 11 is 3.53. The SMILES string of the molecule is COc1cccc(C(=O)N2CCN(Cc3cc(Nn4c(O)c(C)c(C)c4O)nc4cc(Br)ccc34)CC2)c1. The highest BCUT2D eigenvalue weighted by molar-refractivity contribution is 9.10. The number of carbonyl (C=O) groups excluding carboxylic acids is 1. The number of methoxy groups -OCH3 is 1. The van der Waals surface area contributed by atoms with Crippen LogP contribution in [-0.2, 0) is 6.54 Å². The first-order chi connectivity index (χ1) is 18.2. The second kappa shape index (κ2) is 10.5. The number of halogens is 1. The van der Waals surface area contributed by atoms with Gasteiger partial charge in [-0.3, -0.25) is 15.1 Å². The van der Waals surface area contributed by atoms with E-state index in [1.165, 1.54) is 4.68 Å². The number of aromatic nitrogens is 2. The number of ether oxygens (including phenoxy) is 1. The Morgan fingerprint density at radius 3 is 2.42 bits per heavy atom. The fourth-order valence-electron chi connectivity index (χ4n) is 4.74. The van der Waals surface area contributed by atoms with Crippen molar-refractivity contribution in [3.05, 3.63) is 75.3 Å². The Kier molecular flexibility index (Phi) is 7.18. The van der Waals surface area contributed by atoms with Crippen LogP contribution < -0.4 is 10.2 Å². The Balaban J connectivity index is 1.35. The van der Waals surface area contributed by atoms with Gasteiger partial charge in [-0.15, -0.1) is 0 Å². The molecule has 4 aromatic rings. The minimum atomic E-state index is -0.0606. The number of hydrogen-bond donors (Lipinski definition) is 3. The van der Waals surface area contributed by atoms with E-state index in [0.29, 0.717) is 47.9 Å². The summed E-state index contributed by atoms with van der Waals surface area (Å²) in [5, 5.41) is 22.0. The lowest BCUT2D eigenvalue weighted by Crippen LogP contribution is -2.48. The van der Waals surface area contributed by atoms with Crippen LogP contribution >= 0.6 is 15.9 Å². The molecule has 1 amide bonds. The van der Waals surface area contributed by atoms with Crippen LogP contribution in [0.15, 0.2) is 53.0 Å². The second-order valence-electron chi connectivity index (χ2n) is 9.47. The lowest BCUT2D eigenvalue weighted by Gasteiger charge is -2.35. The molecule has 1 fully saturated rings. The molecule has 1 saturated heterocycles. The normalized spacial score (nSPS) is 14.2. The number of rotatable bonds is 6. The standard InChI is InChI=1S/C28H30BrN5O4/c1-17-18(2)27(36)34(26(17)35)31-25-14-20(23-8-7-21(29)15-24(23)30-25)16-32-9-11-33(12-10-32)28(37)19-5-4-6-22(13-19)38-3/h4-8,13-15,35-36H,9-12,16H2,1-3H3,(H,30,31). The lowest BCUT2D eigenvalue weighted by atomic mass is 10.1. The summed E-state index contributed by atoms with van der Waals surface area (Å²) < 4.78 is 7.41. The highest BCUT2D eigenvalue weighted by Gasteiger charge is 2.23. The number of aromatic hydroxyl groups is 2. The maximum absolute atomic E-state index is 13.0. The van der Waals surface area contributed by atoms with Gasteiger partial charge in [-0.2, -0.15) is 4.68 Å². The average molecular weight is 580 g/mol. The van der Waals surface area contributed by atoms with Crippen LogP contribution in [0.2, 0.25) is 0 Å². The molecule has 3 N–H and O–H groups in total. The Morgan fingerprint density at radius 1 is 1.03 bits per heavy atom. The summed E-state index contributed by atoms with van der Waals surface area (Å²) in [7, 11) is 1.59. The highest BCUT2D eigenvalue weighted by Crippen LogP contribution is 2.33. The fourth-order valence-corrected chi connectivity index (χ4v) is 5.09. The third kappa shape index (κ3) is 5.01. The molecule has 9 nitrogen and oxygen atoms in total. The molecule has 0 saturated carbocycles. The quantitative estimate of drug-likeness (QED) is 0.305. The first kappa shape index (κ1) is 25.9. The monoisotopic (exact) mass is 579 g/mol. The molecule has 5 rings (SSSR count).